The lowest BCUT2D eigenvalue weighted by molar-refractivity contribution is 0.654. The normalized spacial score (nSPS) is 11.4. The summed E-state index contributed by atoms with van der Waals surface area (Å²) in [5.74, 6) is 1.79. The smallest absolute Gasteiger partial charge is 0.228 e. The highest BCUT2D eigenvalue weighted by Gasteiger charge is 2.18. The van der Waals surface area contributed by atoms with E-state index >= 15 is 0 Å². The second kappa shape index (κ2) is 9.50. The molecular formula is C36H22N4O. The molecule has 0 amide bonds. The topological polar surface area (TPSA) is 64.7 Å². The van der Waals surface area contributed by atoms with Crippen molar-refractivity contribution in [2.75, 3.05) is 0 Å². The highest BCUT2D eigenvalue weighted by atomic mass is 16.3. The van der Waals surface area contributed by atoms with Gasteiger partial charge in [0.25, 0.3) is 0 Å². The first-order valence-electron chi connectivity index (χ1n) is 13.5. The molecule has 3 heterocycles. The van der Waals surface area contributed by atoms with Crippen molar-refractivity contribution in [3.63, 3.8) is 0 Å². The second-order valence-corrected chi connectivity index (χ2v) is 9.95. The van der Waals surface area contributed by atoms with Gasteiger partial charge in [0.05, 0.1) is 5.39 Å². The van der Waals surface area contributed by atoms with Crippen LogP contribution in [0, 0.1) is 0 Å². The van der Waals surface area contributed by atoms with Crippen molar-refractivity contribution in [1.82, 2.24) is 19.9 Å². The Morgan fingerprint density at radius 3 is 1.95 bits per heavy atom. The van der Waals surface area contributed by atoms with Crippen LogP contribution in [0.3, 0.4) is 0 Å². The number of nitrogens with zero attached hydrogens (tertiary/aromatic N) is 4. The molecule has 0 fully saturated rings. The molecule has 41 heavy (non-hydrogen) atoms. The molecule has 0 aliphatic rings. The van der Waals surface area contributed by atoms with Gasteiger partial charge in [-0.2, -0.15) is 0 Å². The Morgan fingerprint density at radius 1 is 0.463 bits per heavy atom. The van der Waals surface area contributed by atoms with E-state index in [0.29, 0.717) is 23.2 Å². The average molecular weight is 527 g/mol. The maximum Gasteiger partial charge on any atom is 0.228 e. The predicted molar refractivity (Wildman–Crippen MR) is 164 cm³/mol. The van der Waals surface area contributed by atoms with E-state index in [9.17, 15) is 0 Å². The van der Waals surface area contributed by atoms with Crippen LogP contribution in [-0.4, -0.2) is 19.9 Å². The molecule has 0 radical (unpaired) electrons. The van der Waals surface area contributed by atoms with E-state index in [1.54, 1.807) is 6.20 Å². The molecule has 5 aromatic carbocycles. The predicted octanol–water partition coefficient (Wildman–Crippen LogP) is 8.99. The van der Waals surface area contributed by atoms with Crippen molar-refractivity contribution in [3.8, 4) is 45.3 Å². The number of benzene rings is 5. The Kier molecular flexibility index (Phi) is 5.38. The molecule has 0 saturated carbocycles. The highest BCUT2D eigenvalue weighted by Crippen LogP contribution is 2.35. The number of fused-ring (bicyclic) bond motifs is 4. The van der Waals surface area contributed by atoms with E-state index in [-0.39, 0.29) is 0 Å². The third kappa shape index (κ3) is 4.12. The van der Waals surface area contributed by atoms with Crippen LogP contribution >= 0.6 is 0 Å². The summed E-state index contributed by atoms with van der Waals surface area (Å²) in [5.41, 5.74) is 6.34. The van der Waals surface area contributed by atoms with Crippen molar-refractivity contribution >= 4 is 32.8 Å². The maximum absolute atomic E-state index is 6.07. The van der Waals surface area contributed by atoms with Gasteiger partial charge in [0.1, 0.15) is 5.58 Å². The molecule has 8 rings (SSSR count). The minimum Gasteiger partial charge on any atom is -0.438 e. The fraction of sp³-hybridized carbons (Fsp3) is 0. The molecule has 5 nitrogen and oxygen atoms in total. The van der Waals surface area contributed by atoms with Crippen LogP contribution in [0.1, 0.15) is 0 Å². The van der Waals surface area contributed by atoms with Gasteiger partial charge in [0, 0.05) is 28.3 Å². The first kappa shape index (κ1) is 23.2. The monoisotopic (exact) mass is 526 g/mol. The molecule has 0 unspecified atom stereocenters. The Morgan fingerprint density at radius 2 is 1.10 bits per heavy atom. The number of hydrogen-bond acceptors (Lipinski definition) is 5. The van der Waals surface area contributed by atoms with Crippen LogP contribution < -0.4 is 0 Å². The third-order valence-corrected chi connectivity index (χ3v) is 7.41. The maximum atomic E-state index is 6.07. The number of pyridine rings is 1. The summed E-state index contributed by atoms with van der Waals surface area (Å²) < 4.78 is 6.07. The third-order valence-electron chi connectivity index (χ3n) is 7.41. The summed E-state index contributed by atoms with van der Waals surface area (Å²) in [5, 5.41) is 4.17. The summed E-state index contributed by atoms with van der Waals surface area (Å²) in [6.07, 6.45) is 1.74. The molecule has 0 saturated heterocycles. The lowest BCUT2D eigenvalue weighted by Gasteiger charge is -2.10. The van der Waals surface area contributed by atoms with Gasteiger partial charge in [-0.1, -0.05) is 109 Å². The Labute approximate surface area is 235 Å². The first-order valence-corrected chi connectivity index (χ1v) is 13.5. The Hall–Kier alpha value is -5.68. The zero-order valence-corrected chi connectivity index (χ0v) is 21.9. The molecule has 5 heteroatoms. The molecule has 0 spiro atoms. The minimum atomic E-state index is 0.560. The lowest BCUT2D eigenvalue weighted by atomic mass is 10.0. The molecule has 0 atom stereocenters. The van der Waals surface area contributed by atoms with Gasteiger partial charge in [-0.25, -0.2) is 19.9 Å². The van der Waals surface area contributed by atoms with Gasteiger partial charge < -0.3 is 4.42 Å². The Balaban J connectivity index is 1.34. The summed E-state index contributed by atoms with van der Waals surface area (Å²) in [6.45, 7) is 0. The lowest BCUT2D eigenvalue weighted by Crippen LogP contribution is -2.00. The van der Waals surface area contributed by atoms with E-state index in [1.165, 1.54) is 10.9 Å². The van der Waals surface area contributed by atoms with Crippen LogP contribution in [-0.2, 0) is 0 Å². The quantitative estimate of drug-likeness (QED) is 0.229. The van der Waals surface area contributed by atoms with Crippen LogP contribution in [0.2, 0.25) is 0 Å². The summed E-state index contributed by atoms with van der Waals surface area (Å²) in [7, 11) is 0. The highest BCUT2D eigenvalue weighted by molar-refractivity contribution is 6.10. The number of aromatic nitrogens is 4. The number of para-hydroxylation sites is 1. The minimum absolute atomic E-state index is 0.560. The van der Waals surface area contributed by atoms with Crippen molar-refractivity contribution in [2.24, 2.45) is 0 Å². The van der Waals surface area contributed by atoms with Crippen molar-refractivity contribution in [1.29, 1.82) is 0 Å². The number of hydrogen-bond donors (Lipinski definition) is 0. The van der Waals surface area contributed by atoms with Gasteiger partial charge in [0.2, 0.25) is 5.71 Å². The van der Waals surface area contributed by atoms with E-state index < -0.39 is 0 Å². The standard InChI is InChI=1S/C36H22N4O/c1-2-8-23(9-3-1)25-14-17-26(18-15-25)33-38-34(28-19-16-24-10-4-5-11-27(24)22-28)40-35(39-33)30-20-21-37-36-32(30)29-12-6-7-13-31(29)41-36/h1-22H. The molecule has 0 N–H and O–H groups in total. The van der Waals surface area contributed by atoms with Gasteiger partial charge >= 0.3 is 0 Å². The van der Waals surface area contributed by atoms with Crippen LogP contribution in [0.25, 0.3) is 78.1 Å². The van der Waals surface area contributed by atoms with E-state index in [1.807, 2.05) is 60.7 Å². The molecule has 8 aromatic rings. The SMILES string of the molecule is c1ccc(-c2ccc(-c3nc(-c4ccc5ccccc5c4)nc(-c4ccnc5oc6ccccc6c45)n3)cc2)cc1. The van der Waals surface area contributed by atoms with Crippen molar-refractivity contribution < 1.29 is 4.42 Å². The van der Waals surface area contributed by atoms with E-state index in [4.69, 9.17) is 19.4 Å². The fourth-order valence-electron chi connectivity index (χ4n) is 5.36. The summed E-state index contributed by atoms with van der Waals surface area (Å²) in [4.78, 5) is 19.5. The van der Waals surface area contributed by atoms with E-state index in [2.05, 4.69) is 71.7 Å². The number of rotatable bonds is 4. The molecule has 0 bridgehead atoms. The Bertz CT molecular complexity index is 2200. The molecule has 3 aromatic heterocycles. The summed E-state index contributed by atoms with van der Waals surface area (Å²) >= 11 is 0. The largest absolute Gasteiger partial charge is 0.438 e. The van der Waals surface area contributed by atoms with Gasteiger partial charge in [0.15, 0.2) is 17.5 Å². The van der Waals surface area contributed by atoms with Gasteiger partial charge in [-0.05, 0) is 40.1 Å². The van der Waals surface area contributed by atoms with Crippen molar-refractivity contribution in [2.45, 2.75) is 0 Å². The molecular weight excluding hydrogens is 504 g/mol. The average Bonchev–Trinajstić information content (AvgIpc) is 3.44. The van der Waals surface area contributed by atoms with Gasteiger partial charge in [-0.3, -0.25) is 0 Å². The van der Waals surface area contributed by atoms with Crippen LogP contribution in [0.4, 0.5) is 0 Å². The molecule has 0 aliphatic carbocycles. The molecule has 0 aliphatic heterocycles. The van der Waals surface area contributed by atoms with Gasteiger partial charge in [-0.15, -0.1) is 0 Å². The zero-order valence-electron chi connectivity index (χ0n) is 21.9. The molecule has 192 valence electrons. The van der Waals surface area contributed by atoms with E-state index in [0.717, 1.165) is 44.0 Å². The summed E-state index contributed by atoms with van der Waals surface area (Å²) in [6, 6.07) is 43.2. The number of furan rings is 1. The van der Waals surface area contributed by atoms with Crippen LogP contribution in [0.15, 0.2) is 138 Å². The first-order chi connectivity index (χ1) is 20.3. The van der Waals surface area contributed by atoms with Crippen molar-refractivity contribution in [3.05, 3.63) is 134 Å². The second-order valence-electron chi connectivity index (χ2n) is 9.95. The van der Waals surface area contributed by atoms with Crippen LogP contribution in [0.5, 0.6) is 0 Å². The fourth-order valence-corrected chi connectivity index (χ4v) is 5.36. The zero-order chi connectivity index (χ0) is 27.2.